The monoisotopic (exact) mass is 1400 g/mol. The van der Waals surface area contributed by atoms with E-state index in [9.17, 15) is 0 Å². The lowest BCUT2D eigenvalue weighted by atomic mass is 9.89. The van der Waals surface area contributed by atoms with E-state index in [1.54, 1.807) is 0 Å². The first-order valence-corrected chi connectivity index (χ1v) is 38.6. The molecule has 0 atom stereocenters. The molecule has 0 radical (unpaired) electrons. The molecule has 0 unspecified atom stereocenters. The largest absolute Gasteiger partial charge is 0.375 e. The summed E-state index contributed by atoms with van der Waals surface area (Å²) in [7, 11) is 2.15. The van der Waals surface area contributed by atoms with Crippen LogP contribution >= 0.6 is 0 Å². The summed E-state index contributed by atoms with van der Waals surface area (Å²) in [5, 5.41) is 0. The van der Waals surface area contributed by atoms with Crippen molar-refractivity contribution in [1.29, 1.82) is 0 Å². The fraction of sp³-hybridized carbons (Fsp3) is 0.188. The molecule has 0 amide bonds. The molecule has 13 aromatic rings. The van der Waals surface area contributed by atoms with Gasteiger partial charge in [0, 0.05) is 113 Å². The zero-order chi connectivity index (χ0) is 73.5. The van der Waals surface area contributed by atoms with Crippen LogP contribution in [0.5, 0.6) is 0 Å². The van der Waals surface area contributed by atoms with Crippen molar-refractivity contribution in [2.45, 2.75) is 86.7 Å². The van der Waals surface area contributed by atoms with Gasteiger partial charge in [0.1, 0.15) is 0 Å². The predicted molar refractivity (Wildman–Crippen MR) is 459 cm³/mol. The number of allylic oxidation sites excluding steroid dienone is 4. The van der Waals surface area contributed by atoms with Gasteiger partial charge in [-0.05, 0) is 251 Å². The van der Waals surface area contributed by atoms with Crippen molar-refractivity contribution in [1.82, 2.24) is 4.90 Å². The van der Waals surface area contributed by atoms with E-state index in [0.717, 1.165) is 84.8 Å². The molecule has 0 saturated carbocycles. The molecule has 6 nitrogen and oxygen atoms in total. The number of hydrogen-bond donors (Lipinski definition) is 0. The van der Waals surface area contributed by atoms with E-state index in [1.165, 1.54) is 134 Å². The fourth-order valence-electron chi connectivity index (χ4n) is 14.7. The summed E-state index contributed by atoms with van der Waals surface area (Å²) in [6.45, 7) is 21.1. The maximum atomic E-state index is 2.56. The summed E-state index contributed by atoms with van der Waals surface area (Å²) in [6.07, 6.45) is 6.70. The van der Waals surface area contributed by atoms with Crippen LogP contribution in [0.2, 0.25) is 0 Å². The first kappa shape index (κ1) is 73.5. The zero-order valence-corrected chi connectivity index (χ0v) is 63.4. The Morgan fingerprint density at radius 2 is 0.495 bits per heavy atom. The van der Waals surface area contributed by atoms with Crippen LogP contribution < -0.4 is 24.5 Å². The first-order chi connectivity index (χ1) is 52.6. The molecule has 536 valence electrons. The standard InChI is InChI=1S/C66H59N3.C35H43N3/c1-7-19-52(20-8-1)46-67(47-53-21-9-2-10-22-53)64-37-31-58(32-38-64)61-43-62(59-33-39-65(40-34-59)68(48-54-23-11-3-12-24-54)49-55-25-13-4-14-26-55)45-63(44-61)60-35-41-66(42-36-60)69(50-56-27-15-5-16-28-56)51-57-29-17-6-18-30-57;1-7-36(6)33-18-12-15-27(24-33)30-21-31(28-16-13-19-34(25-28)37(8-2)9-3)23-32(22-30)29-17-14-20-35(26-29)38(10-4)11-5/h1-35,37-41,43-45H,36,42,46-51H2;12-26H,7-11H2,1-6H3. The third kappa shape index (κ3) is 19.6. The molecule has 1 aliphatic rings. The van der Waals surface area contributed by atoms with Crippen LogP contribution in [0.25, 0.3) is 61.2 Å². The normalized spacial score (nSPS) is 11.7. The molecule has 107 heavy (non-hydrogen) atoms. The van der Waals surface area contributed by atoms with E-state index >= 15 is 0 Å². The summed E-state index contributed by atoms with van der Waals surface area (Å²) in [6, 6.07) is 125. The Hall–Kier alpha value is -11.9. The molecule has 14 rings (SSSR count). The van der Waals surface area contributed by atoms with Gasteiger partial charge < -0.3 is 29.4 Å². The number of nitrogens with zero attached hydrogens (tertiary/aromatic N) is 6. The van der Waals surface area contributed by atoms with Gasteiger partial charge in [-0.15, -0.1) is 0 Å². The minimum absolute atomic E-state index is 0.830. The minimum Gasteiger partial charge on any atom is -0.375 e. The van der Waals surface area contributed by atoms with Crippen LogP contribution in [0.15, 0.2) is 358 Å². The first-order valence-electron chi connectivity index (χ1n) is 38.6. The molecule has 0 bridgehead atoms. The van der Waals surface area contributed by atoms with Crippen LogP contribution in [0, 0.1) is 0 Å². The van der Waals surface area contributed by atoms with Crippen LogP contribution in [-0.2, 0) is 39.3 Å². The molecular formula is C101H102N6. The van der Waals surface area contributed by atoms with Crippen molar-refractivity contribution in [3.8, 4) is 55.6 Å². The van der Waals surface area contributed by atoms with Gasteiger partial charge in [-0.1, -0.05) is 249 Å². The third-order valence-corrected chi connectivity index (χ3v) is 20.9. The summed E-state index contributed by atoms with van der Waals surface area (Å²) >= 11 is 0. The maximum Gasteiger partial charge on any atom is 0.0433 e. The van der Waals surface area contributed by atoms with E-state index in [2.05, 4.69) is 423 Å². The summed E-state index contributed by atoms with van der Waals surface area (Å²) in [5.74, 6) is 0. The van der Waals surface area contributed by atoms with E-state index in [0.29, 0.717) is 0 Å². The van der Waals surface area contributed by atoms with Crippen molar-refractivity contribution in [2.75, 3.05) is 64.3 Å². The second-order valence-corrected chi connectivity index (χ2v) is 28.0. The Balaban J connectivity index is 0.000000225. The van der Waals surface area contributed by atoms with Gasteiger partial charge in [0.15, 0.2) is 0 Å². The Bertz CT molecular complexity index is 4630. The van der Waals surface area contributed by atoms with Gasteiger partial charge >= 0.3 is 0 Å². The average Bonchev–Trinajstić information content (AvgIpc) is 0.797. The van der Waals surface area contributed by atoms with Crippen LogP contribution in [0.1, 0.15) is 86.4 Å². The van der Waals surface area contributed by atoms with Crippen molar-refractivity contribution in [2.24, 2.45) is 0 Å². The van der Waals surface area contributed by atoms with Gasteiger partial charge in [0.25, 0.3) is 0 Å². The molecule has 1 aliphatic carbocycles. The Kier molecular flexibility index (Phi) is 25.2. The molecule has 0 fully saturated rings. The van der Waals surface area contributed by atoms with E-state index in [4.69, 9.17) is 0 Å². The van der Waals surface area contributed by atoms with E-state index in [-0.39, 0.29) is 0 Å². The van der Waals surface area contributed by atoms with Crippen LogP contribution in [0.4, 0.5) is 28.4 Å². The number of rotatable bonds is 29. The second kappa shape index (κ2) is 36.7. The molecule has 0 spiro atoms. The topological polar surface area (TPSA) is 19.4 Å². The lowest BCUT2D eigenvalue weighted by Crippen LogP contribution is -2.23. The smallest absolute Gasteiger partial charge is 0.0433 e. The highest BCUT2D eigenvalue weighted by atomic mass is 15.1. The maximum absolute atomic E-state index is 2.56. The molecule has 0 saturated heterocycles. The highest BCUT2D eigenvalue weighted by molar-refractivity contribution is 5.85. The van der Waals surface area contributed by atoms with Gasteiger partial charge in [-0.2, -0.15) is 0 Å². The molecular weight excluding hydrogens is 1300 g/mol. The molecule has 13 aromatic carbocycles. The van der Waals surface area contributed by atoms with Crippen LogP contribution in [-0.4, -0.2) is 44.7 Å². The predicted octanol–water partition coefficient (Wildman–Crippen LogP) is 25.0. The molecule has 0 heterocycles. The lowest BCUT2D eigenvalue weighted by molar-refractivity contribution is 0.317. The summed E-state index contributed by atoms with van der Waals surface area (Å²) in [4.78, 5) is 14.6. The van der Waals surface area contributed by atoms with Crippen molar-refractivity contribution >= 4 is 34.0 Å². The number of anilines is 5. The highest BCUT2D eigenvalue weighted by Crippen LogP contribution is 2.40. The summed E-state index contributed by atoms with van der Waals surface area (Å²) < 4.78 is 0. The average molecular weight is 1400 g/mol. The summed E-state index contributed by atoms with van der Waals surface area (Å²) in [5.41, 5.74) is 30.4. The van der Waals surface area contributed by atoms with Crippen LogP contribution in [0.3, 0.4) is 0 Å². The highest BCUT2D eigenvalue weighted by Gasteiger charge is 2.20. The fourth-order valence-corrected chi connectivity index (χ4v) is 14.7. The second-order valence-electron chi connectivity index (χ2n) is 28.0. The Morgan fingerprint density at radius 3 is 0.794 bits per heavy atom. The molecule has 6 heteroatoms. The van der Waals surface area contributed by atoms with Gasteiger partial charge in [-0.25, -0.2) is 0 Å². The number of hydrogen-bond acceptors (Lipinski definition) is 6. The lowest BCUT2D eigenvalue weighted by Gasteiger charge is -2.30. The van der Waals surface area contributed by atoms with Crippen molar-refractivity contribution < 1.29 is 0 Å². The van der Waals surface area contributed by atoms with E-state index < -0.39 is 0 Å². The van der Waals surface area contributed by atoms with Gasteiger partial charge in [-0.3, -0.25) is 0 Å². The molecule has 0 N–H and O–H groups in total. The molecule has 0 aliphatic heterocycles. The quantitative estimate of drug-likeness (QED) is 0.0462. The van der Waals surface area contributed by atoms with Crippen molar-refractivity contribution in [3.05, 3.63) is 397 Å². The Morgan fingerprint density at radius 1 is 0.206 bits per heavy atom. The Labute approximate surface area is 638 Å². The molecule has 0 aromatic heterocycles. The number of benzene rings is 13. The minimum atomic E-state index is 0.830. The SMILES string of the molecule is C1=C(c2cc(-c3ccc(N(Cc4ccccc4)Cc4ccccc4)cc3)cc(-c3ccc(N(Cc4ccccc4)Cc4ccccc4)cc3)c2)CCC(N(Cc2ccccc2)Cc2ccccc2)=C1.CCN(C)c1cccc(-c2cc(-c3cccc(N(CC)CC)c3)cc(-c3cccc(N(CC)CC)c3)c2)c1. The van der Waals surface area contributed by atoms with Gasteiger partial charge in [0.05, 0.1) is 0 Å². The van der Waals surface area contributed by atoms with Crippen molar-refractivity contribution in [3.63, 3.8) is 0 Å². The zero-order valence-electron chi connectivity index (χ0n) is 63.4. The third-order valence-electron chi connectivity index (χ3n) is 20.9. The van der Waals surface area contributed by atoms with Gasteiger partial charge in [0.2, 0.25) is 0 Å². The van der Waals surface area contributed by atoms with E-state index in [1.807, 2.05) is 0 Å².